The SMILES string of the molecule is O=C(CC1COCCN1)Nc1cccc(-c2nccs2)c1. The summed E-state index contributed by atoms with van der Waals surface area (Å²) in [6.45, 7) is 2.11. The minimum Gasteiger partial charge on any atom is -0.378 e. The predicted octanol–water partition coefficient (Wildman–Crippen LogP) is 2.13. The van der Waals surface area contributed by atoms with E-state index < -0.39 is 0 Å². The molecule has 1 fully saturated rings. The van der Waals surface area contributed by atoms with Crippen LogP contribution in [0, 0.1) is 0 Å². The van der Waals surface area contributed by atoms with Crippen LogP contribution in [0.5, 0.6) is 0 Å². The van der Waals surface area contributed by atoms with Gasteiger partial charge >= 0.3 is 0 Å². The van der Waals surface area contributed by atoms with Crippen molar-refractivity contribution in [3.8, 4) is 10.6 Å². The molecule has 1 aliphatic rings. The number of hydrogen-bond donors (Lipinski definition) is 2. The molecule has 1 aromatic heterocycles. The molecule has 0 bridgehead atoms. The fourth-order valence-electron chi connectivity index (χ4n) is 2.28. The van der Waals surface area contributed by atoms with Crippen molar-refractivity contribution in [2.75, 3.05) is 25.1 Å². The van der Waals surface area contributed by atoms with Gasteiger partial charge in [0.25, 0.3) is 0 Å². The number of anilines is 1. The minimum absolute atomic E-state index is 0.00529. The monoisotopic (exact) mass is 303 g/mol. The van der Waals surface area contributed by atoms with Crippen molar-refractivity contribution < 1.29 is 9.53 Å². The van der Waals surface area contributed by atoms with Crippen LogP contribution in [0.2, 0.25) is 0 Å². The number of carbonyl (C=O) groups is 1. The quantitative estimate of drug-likeness (QED) is 0.908. The van der Waals surface area contributed by atoms with Crippen molar-refractivity contribution in [1.29, 1.82) is 0 Å². The number of nitrogens with one attached hydrogen (secondary N) is 2. The normalized spacial score (nSPS) is 18.4. The molecule has 0 saturated carbocycles. The van der Waals surface area contributed by atoms with E-state index in [4.69, 9.17) is 4.74 Å². The molecule has 2 heterocycles. The van der Waals surface area contributed by atoms with Crippen LogP contribution in [-0.2, 0) is 9.53 Å². The van der Waals surface area contributed by atoms with Gasteiger partial charge < -0.3 is 15.4 Å². The lowest BCUT2D eigenvalue weighted by Crippen LogP contribution is -2.43. The summed E-state index contributed by atoms with van der Waals surface area (Å²) in [6, 6.07) is 7.85. The number of hydrogen-bond acceptors (Lipinski definition) is 5. The Morgan fingerprint density at radius 3 is 3.24 bits per heavy atom. The van der Waals surface area contributed by atoms with Crippen LogP contribution in [0.1, 0.15) is 6.42 Å². The van der Waals surface area contributed by atoms with Crippen molar-refractivity contribution in [3.63, 3.8) is 0 Å². The van der Waals surface area contributed by atoms with Crippen LogP contribution < -0.4 is 10.6 Å². The van der Waals surface area contributed by atoms with E-state index in [0.29, 0.717) is 19.6 Å². The molecule has 0 aliphatic carbocycles. The van der Waals surface area contributed by atoms with E-state index in [-0.39, 0.29) is 11.9 Å². The van der Waals surface area contributed by atoms with E-state index in [9.17, 15) is 4.79 Å². The summed E-state index contributed by atoms with van der Waals surface area (Å²) in [6.07, 6.45) is 2.20. The molecule has 1 atom stereocenters. The number of aromatic nitrogens is 1. The molecule has 110 valence electrons. The molecule has 3 rings (SSSR count). The predicted molar refractivity (Wildman–Crippen MR) is 83.4 cm³/mol. The number of thiazole rings is 1. The first-order chi connectivity index (χ1) is 10.3. The third-order valence-corrected chi connectivity index (χ3v) is 4.08. The Hall–Kier alpha value is -1.76. The largest absolute Gasteiger partial charge is 0.378 e. The summed E-state index contributed by atoms with van der Waals surface area (Å²) in [5.41, 5.74) is 1.81. The third-order valence-electron chi connectivity index (χ3n) is 3.26. The molecule has 2 aromatic rings. The highest BCUT2D eigenvalue weighted by Gasteiger charge is 2.17. The van der Waals surface area contributed by atoms with Crippen LogP contribution in [0.4, 0.5) is 5.69 Å². The topological polar surface area (TPSA) is 63.2 Å². The third kappa shape index (κ3) is 3.87. The smallest absolute Gasteiger partial charge is 0.226 e. The second kappa shape index (κ2) is 6.80. The van der Waals surface area contributed by atoms with Gasteiger partial charge in [-0.05, 0) is 12.1 Å². The summed E-state index contributed by atoms with van der Waals surface area (Å²) in [5, 5.41) is 9.10. The number of nitrogens with zero attached hydrogens (tertiary/aromatic N) is 1. The number of rotatable bonds is 4. The Kier molecular flexibility index (Phi) is 4.59. The summed E-state index contributed by atoms with van der Waals surface area (Å²) in [5.74, 6) is -0.00529. The first-order valence-electron chi connectivity index (χ1n) is 6.92. The molecule has 0 spiro atoms. The highest BCUT2D eigenvalue weighted by atomic mass is 32.1. The Morgan fingerprint density at radius 2 is 2.48 bits per heavy atom. The molecule has 1 aromatic carbocycles. The fourth-order valence-corrected chi connectivity index (χ4v) is 2.92. The van der Waals surface area contributed by atoms with Gasteiger partial charge in [-0.2, -0.15) is 0 Å². The molecule has 2 N–H and O–H groups in total. The van der Waals surface area contributed by atoms with E-state index in [1.54, 1.807) is 17.5 Å². The molecule has 0 radical (unpaired) electrons. The number of amides is 1. The van der Waals surface area contributed by atoms with Crippen molar-refractivity contribution >= 4 is 22.9 Å². The zero-order chi connectivity index (χ0) is 14.5. The molecule has 21 heavy (non-hydrogen) atoms. The highest BCUT2D eigenvalue weighted by Crippen LogP contribution is 2.24. The van der Waals surface area contributed by atoms with Crippen molar-refractivity contribution in [1.82, 2.24) is 10.3 Å². The standard InChI is InChI=1S/C15H17N3O2S/c19-14(9-13-10-20-6-4-16-13)18-12-3-1-2-11(8-12)15-17-5-7-21-15/h1-3,5,7-8,13,16H,4,6,9-10H2,(H,18,19). The van der Waals surface area contributed by atoms with Crippen molar-refractivity contribution in [3.05, 3.63) is 35.8 Å². The lowest BCUT2D eigenvalue weighted by atomic mass is 10.1. The van der Waals surface area contributed by atoms with E-state index in [2.05, 4.69) is 15.6 Å². The van der Waals surface area contributed by atoms with Crippen LogP contribution in [0.3, 0.4) is 0 Å². The lowest BCUT2D eigenvalue weighted by molar-refractivity contribution is -0.117. The second-order valence-electron chi connectivity index (χ2n) is 4.90. The first-order valence-corrected chi connectivity index (χ1v) is 7.80. The molecule has 6 heteroatoms. The maximum atomic E-state index is 12.1. The van der Waals surface area contributed by atoms with Gasteiger partial charge in [0.2, 0.25) is 5.91 Å². The number of ether oxygens (including phenoxy) is 1. The zero-order valence-electron chi connectivity index (χ0n) is 11.5. The number of morpholine rings is 1. The van der Waals surface area contributed by atoms with Gasteiger partial charge in [0.1, 0.15) is 5.01 Å². The Bertz CT molecular complexity index is 595. The summed E-state index contributed by atoms with van der Waals surface area (Å²) < 4.78 is 5.35. The van der Waals surface area contributed by atoms with Gasteiger partial charge in [0.05, 0.1) is 13.2 Å². The van der Waals surface area contributed by atoms with Gasteiger partial charge in [-0.15, -0.1) is 11.3 Å². The van der Waals surface area contributed by atoms with Gasteiger partial charge in [-0.3, -0.25) is 4.79 Å². The maximum Gasteiger partial charge on any atom is 0.226 e. The molecular formula is C15H17N3O2S. The van der Waals surface area contributed by atoms with Gasteiger partial charge in [-0.1, -0.05) is 12.1 Å². The Balaban J connectivity index is 1.62. The number of carbonyl (C=O) groups excluding carboxylic acids is 1. The molecule has 1 saturated heterocycles. The Labute approximate surface area is 127 Å². The maximum absolute atomic E-state index is 12.1. The molecule has 1 unspecified atom stereocenters. The second-order valence-corrected chi connectivity index (χ2v) is 5.79. The fraction of sp³-hybridized carbons (Fsp3) is 0.333. The molecule has 1 aliphatic heterocycles. The van der Waals surface area contributed by atoms with Gasteiger partial charge in [0, 0.05) is 41.8 Å². The van der Waals surface area contributed by atoms with Gasteiger partial charge in [-0.25, -0.2) is 4.98 Å². The number of benzene rings is 1. The van der Waals surface area contributed by atoms with Crippen LogP contribution in [-0.4, -0.2) is 36.7 Å². The van der Waals surface area contributed by atoms with Crippen LogP contribution >= 0.6 is 11.3 Å². The minimum atomic E-state index is -0.00529. The van der Waals surface area contributed by atoms with E-state index in [1.165, 1.54) is 0 Å². The van der Waals surface area contributed by atoms with Crippen LogP contribution in [0.25, 0.3) is 10.6 Å². The molecule has 5 nitrogen and oxygen atoms in total. The van der Waals surface area contributed by atoms with E-state index >= 15 is 0 Å². The zero-order valence-corrected chi connectivity index (χ0v) is 12.4. The average molecular weight is 303 g/mol. The molecular weight excluding hydrogens is 286 g/mol. The van der Waals surface area contributed by atoms with Crippen molar-refractivity contribution in [2.24, 2.45) is 0 Å². The molecule has 1 amide bonds. The first kappa shape index (κ1) is 14.2. The Morgan fingerprint density at radius 1 is 1.52 bits per heavy atom. The van der Waals surface area contributed by atoms with Crippen molar-refractivity contribution in [2.45, 2.75) is 12.5 Å². The summed E-state index contributed by atoms with van der Waals surface area (Å²) >= 11 is 1.58. The summed E-state index contributed by atoms with van der Waals surface area (Å²) in [4.78, 5) is 16.3. The lowest BCUT2D eigenvalue weighted by Gasteiger charge is -2.23. The highest BCUT2D eigenvalue weighted by molar-refractivity contribution is 7.13. The van der Waals surface area contributed by atoms with E-state index in [0.717, 1.165) is 22.8 Å². The van der Waals surface area contributed by atoms with Gasteiger partial charge in [0.15, 0.2) is 0 Å². The van der Waals surface area contributed by atoms with E-state index in [1.807, 2.05) is 29.6 Å². The summed E-state index contributed by atoms with van der Waals surface area (Å²) in [7, 11) is 0. The average Bonchev–Trinajstić information content (AvgIpc) is 3.02. The van der Waals surface area contributed by atoms with Crippen LogP contribution in [0.15, 0.2) is 35.8 Å².